The molecule has 0 aliphatic carbocycles. The molecular weight excluding hydrogens is 358 g/mol. The molecule has 1 atom stereocenters. The van der Waals surface area contributed by atoms with Crippen molar-refractivity contribution in [3.8, 4) is 11.5 Å². The van der Waals surface area contributed by atoms with Crippen molar-refractivity contribution in [1.29, 1.82) is 0 Å². The number of rotatable bonds is 4. The van der Waals surface area contributed by atoms with E-state index in [0.29, 0.717) is 28.8 Å². The number of aryl methyl sites for hydroxylation is 2. The van der Waals surface area contributed by atoms with Crippen LogP contribution in [0.2, 0.25) is 5.02 Å². The minimum atomic E-state index is -0.216. The molecule has 3 rings (SSSR count). The molecule has 1 fully saturated rings. The summed E-state index contributed by atoms with van der Waals surface area (Å²) >= 11 is 6.19. The topological polar surface area (TPSA) is 76.8 Å². The summed E-state index contributed by atoms with van der Waals surface area (Å²) in [6.07, 6.45) is 1.79. The molecule has 0 unspecified atom stereocenters. The van der Waals surface area contributed by atoms with Gasteiger partial charge in [0, 0.05) is 18.2 Å². The number of hydrogen-bond acceptors (Lipinski definition) is 5. The number of carbonyl (C=O) groups excluding carboxylic acids is 1. The molecule has 26 heavy (non-hydrogen) atoms. The van der Waals surface area contributed by atoms with Crippen molar-refractivity contribution in [3.63, 3.8) is 0 Å². The quantitative estimate of drug-likeness (QED) is 0.855. The first-order valence-electron chi connectivity index (χ1n) is 8.38. The summed E-state index contributed by atoms with van der Waals surface area (Å²) in [6.45, 7) is 4.43. The smallest absolute Gasteiger partial charge is 0.322 e. The molecule has 0 spiro atoms. The number of hydrogen-bond donors (Lipinski definition) is 1. The molecule has 0 bridgehead atoms. The highest BCUT2D eigenvalue weighted by molar-refractivity contribution is 6.32. The first kappa shape index (κ1) is 18.4. The zero-order valence-corrected chi connectivity index (χ0v) is 16.0. The van der Waals surface area contributed by atoms with Crippen molar-refractivity contribution >= 4 is 23.3 Å². The number of halogens is 1. The molecule has 1 N–H and O–H groups in total. The molecule has 2 amide bonds. The van der Waals surface area contributed by atoms with Crippen molar-refractivity contribution in [2.45, 2.75) is 32.7 Å². The Morgan fingerprint density at radius 3 is 2.65 bits per heavy atom. The summed E-state index contributed by atoms with van der Waals surface area (Å²) in [5.74, 6) is 1.71. The maximum absolute atomic E-state index is 12.9. The van der Waals surface area contributed by atoms with E-state index in [0.717, 1.165) is 29.9 Å². The predicted molar refractivity (Wildman–Crippen MR) is 98.2 cm³/mol. The highest BCUT2D eigenvalue weighted by atomic mass is 35.5. The first-order valence-corrected chi connectivity index (χ1v) is 8.76. The third kappa shape index (κ3) is 3.31. The molecular formula is C18H22ClN3O4. The summed E-state index contributed by atoms with van der Waals surface area (Å²) in [5, 5.41) is 7.30. The van der Waals surface area contributed by atoms with E-state index in [1.54, 1.807) is 17.0 Å². The molecule has 1 saturated heterocycles. The Bertz CT molecular complexity index is 802. The van der Waals surface area contributed by atoms with E-state index in [1.807, 2.05) is 13.8 Å². The van der Waals surface area contributed by atoms with Gasteiger partial charge in [-0.1, -0.05) is 16.8 Å². The summed E-state index contributed by atoms with van der Waals surface area (Å²) in [6, 6.07) is 3.00. The van der Waals surface area contributed by atoms with Gasteiger partial charge in [-0.2, -0.15) is 0 Å². The van der Waals surface area contributed by atoms with Crippen LogP contribution in [0.4, 0.5) is 10.5 Å². The fraction of sp³-hybridized carbons (Fsp3) is 0.444. The Labute approximate surface area is 157 Å². The third-order valence-electron chi connectivity index (χ3n) is 4.65. The number of nitrogens with one attached hydrogen (secondary N) is 1. The molecule has 1 aromatic heterocycles. The van der Waals surface area contributed by atoms with Crippen LogP contribution in [-0.2, 0) is 0 Å². The monoisotopic (exact) mass is 379 g/mol. The number of likely N-dealkylation sites (tertiary alicyclic amines) is 1. The summed E-state index contributed by atoms with van der Waals surface area (Å²) in [4.78, 5) is 14.7. The third-order valence-corrected chi connectivity index (χ3v) is 4.95. The normalized spacial score (nSPS) is 16.7. The summed E-state index contributed by atoms with van der Waals surface area (Å²) in [5.41, 5.74) is 2.29. The lowest BCUT2D eigenvalue weighted by Gasteiger charge is -2.25. The number of ether oxygens (including phenoxy) is 2. The Balaban J connectivity index is 1.85. The first-order chi connectivity index (χ1) is 12.5. The van der Waals surface area contributed by atoms with E-state index in [9.17, 15) is 4.79 Å². The number of amides is 2. The summed E-state index contributed by atoms with van der Waals surface area (Å²) < 4.78 is 15.8. The van der Waals surface area contributed by atoms with Crippen molar-refractivity contribution < 1.29 is 18.8 Å². The van der Waals surface area contributed by atoms with Crippen molar-refractivity contribution in [3.05, 3.63) is 34.2 Å². The van der Waals surface area contributed by atoms with Gasteiger partial charge < -0.3 is 24.2 Å². The Kier molecular flexibility index (Phi) is 5.27. The van der Waals surface area contributed by atoms with Crippen LogP contribution in [0.3, 0.4) is 0 Å². The van der Waals surface area contributed by atoms with Crippen LogP contribution in [-0.4, -0.2) is 36.9 Å². The summed E-state index contributed by atoms with van der Waals surface area (Å²) in [7, 11) is 3.05. The molecule has 2 heterocycles. The van der Waals surface area contributed by atoms with Gasteiger partial charge >= 0.3 is 6.03 Å². The number of nitrogens with zero attached hydrogens (tertiary/aromatic N) is 2. The Morgan fingerprint density at radius 1 is 1.31 bits per heavy atom. The minimum absolute atomic E-state index is 0.0547. The fourth-order valence-corrected chi connectivity index (χ4v) is 3.66. The molecule has 140 valence electrons. The molecule has 0 radical (unpaired) electrons. The van der Waals surface area contributed by atoms with Crippen LogP contribution in [0.25, 0.3) is 0 Å². The van der Waals surface area contributed by atoms with Crippen molar-refractivity contribution in [2.24, 2.45) is 0 Å². The van der Waals surface area contributed by atoms with E-state index in [4.69, 9.17) is 25.6 Å². The number of urea groups is 1. The number of benzene rings is 1. The van der Waals surface area contributed by atoms with Crippen LogP contribution in [0, 0.1) is 13.8 Å². The molecule has 8 heteroatoms. The van der Waals surface area contributed by atoms with Crippen LogP contribution in [0.5, 0.6) is 11.5 Å². The maximum atomic E-state index is 12.9. The second-order valence-corrected chi connectivity index (χ2v) is 6.61. The second-order valence-electron chi connectivity index (χ2n) is 6.21. The van der Waals surface area contributed by atoms with Gasteiger partial charge in [0.25, 0.3) is 0 Å². The van der Waals surface area contributed by atoms with Gasteiger partial charge in [-0.25, -0.2) is 4.79 Å². The largest absolute Gasteiger partial charge is 0.495 e. The maximum Gasteiger partial charge on any atom is 0.322 e. The zero-order chi connectivity index (χ0) is 18.8. The molecule has 1 aromatic carbocycles. The van der Waals surface area contributed by atoms with E-state index in [2.05, 4.69) is 10.5 Å². The molecule has 2 aromatic rings. The van der Waals surface area contributed by atoms with Gasteiger partial charge in [0.05, 0.1) is 36.7 Å². The van der Waals surface area contributed by atoms with E-state index in [-0.39, 0.29) is 12.1 Å². The molecule has 1 aliphatic heterocycles. The average molecular weight is 380 g/mol. The highest BCUT2D eigenvalue weighted by Crippen LogP contribution is 2.38. The van der Waals surface area contributed by atoms with Crippen LogP contribution >= 0.6 is 11.6 Å². The van der Waals surface area contributed by atoms with Gasteiger partial charge in [-0.05, 0) is 32.8 Å². The number of carbonyl (C=O) groups is 1. The molecule has 1 aliphatic rings. The number of anilines is 1. The SMILES string of the molecule is COc1cc(OC)c(NC(=O)N2CCC[C@H]2c2c(C)noc2C)cc1Cl. The lowest BCUT2D eigenvalue weighted by Crippen LogP contribution is -2.34. The lowest BCUT2D eigenvalue weighted by atomic mass is 10.0. The van der Waals surface area contributed by atoms with E-state index >= 15 is 0 Å². The molecule has 7 nitrogen and oxygen atoms in total. The Morgan fingerprint density at radius 2 is 2.04 bits per heavy atom. The fourth-order valence-electron chi connectivity index (χ4n) is 3.42. The van der Waals surface area contributed by atoms with Crippen molar-refractivity contribution in [2.75, 3.05) is 26.1 Å². The van der Waals surface area contributed by atoms with Crippen LogP contribution < -0.4 is 14.8 Å². The van der Waals surface area contributed by atoms with Gasteiger partial charge in [-0.3, -0.25) is 0 Å². The Hall–Kier alpha value is -2.41. The van der Waals surface area contributed by atoms with E-state index < -0.39 is 0 Å². The van der Waals surface area contributed by atoms with Crippen LogP contribution in [0.15, 0.2) is 16.7 Å². The molecule has 0 saturated carbocycles. The second kappa shape index (κ2) is 7.45. The lowest BCUT2D eigenvalue weighted by molar-refractivity contribution is 0.206. The standard InChI is InChI=1S/C18H22ClN3O4/c1-10-17(11(2)26-21-10)14-6-5-7-22(14)18(23)20-13-8-12(19)15(24-3)9-16(13)25-4/h8-9,14H,5-7H2,1-4H3,(H,20,23)/t14-/m0/s1. The van der Waals surface area contributed by atoms with Gasteiger partial charge in [-0.15, -0.1) is 0 Å². The zero-order valence-electron chi connectivity index (χ0n) is 15.3. The van der Waals surface area contributed by atoms with Crippen LogP contribution in [0.1, 0.15) is 35.9 Å². The predicted octanol–water partition coefficient (Wildman–Crippen LogP) is 4.33. The van der Waals surface area contributed by atoms with Gasteiger partial charge in [0.1, 0.15) is 17.3 Å². The highest BCUT2D eigenvalue weighted by Gasteiger charge is 2.34. The number of aromatic nitrogens is 1. The van der Waals surface area contributed by atoms with E-state index in [1.165, 1.54) is 14.2 Å². The number of methoxy groups -OCH3 is 2. The van der Waals surface area contributed by atoms with Crippen molar-refractivity contribution in [1.82, 2.24) is 10.1 Å². The van der Waals surface area contributed by atoms with Gasteiger partial charge in [0.2, 0.25) is 0 Å². The minimum Gasteiger partial charge on any atom is -0.495 e. The average Bonchev–Trinajstić information content (AvgIpc) is 3.21. The van der Waals surface area contributed by atoms with Gasteiger partial charge in [0.15, 0.2) is 0 Å².